The summed E-state index contributed by atoms with van der Waals surface area (Å²) < 4.78 is 5.82. The van der Waals surface area contributed by atoms with E-state index < -0.39 is 0 Å². The molecule has 0 amide bonds. The molecule has 1 aromatic heterocycles. The molecule has 4 nitrogen and oxygen atoms in total. The Morgan fingerprint density at radius 1 is 1.25 bits per heavy atom. The molecule has 0 N–H and O–H groups in total. The van der Waals surface area contributed by atoms with E-state index in [2.05, 4.69) is 40.0 Å². The predicted octanol–water partition coefficient (Wildman–Crippen LogP) is 2.49. The number of aromatic nitrogens is 2. The normalized spacial score (nSPS) is 15.3. The van der Waals surface area contributed by atoms with Gasteiger partial charge in [-0.1, -0.05) is 17.7 Å². The Balaban J connectivity index is 1.78. The lowest BCUT2D eigenvalue weighted by Crippen LogP contribution is -2.25. The van der Waals surface area contributed by atoms with Crippen LogP contribution in [0.15, 0.2) is 30.5 Å². The maximum absolute atomic E-state index is 5.82. The van der Waals surface area contributed by atoms with Gasteiger partial charge >= 0.3 is 0 Å². The summed E-state index contributed by atoms with van der Waals surface area (Å²) in [6.45, 7) is 7.41. The zero-order valence-corrected chi connectivity index (χ0v) is 12.0. The van der Waals surface area contributed by atoms with E-state index in [1.165, 1.54) is 11.1 Å². The Morgan fingerprint density at radius 3 is 3.00 bits per heavy atom. The number of benzene rings is 1. The lowest BCUT2D eigenvalue weighted by atomic mass is 10.1. The SMILES string of the molecule is Cc1ccc2c(c1)CN(Cc1ccnc(C)n1)CCO2. The lowest BCUT2D eigenvalue weighted by Gasteiger charge is -2.18. The molecule has 0 saturated carbocycles. The topological polar surface area (TPSA) is 38.2 Å². The molecule has 0 bridgehead atoms. The molecular formula is C16H19N3O. The van der Waals surface area contributed by atoms with Gasteiger partial charge in [0.2, 0.25) is 0 Å². The fourth-order valence-corrected chi connectivity index (χ4v) is 2.53. The smallest absolute Gasteiger partial charge is 0.125 e. The van der Waals surface area contributed by atoms with Gasteiger partial charge in [0.1, 0.15) is 18.2 Å². The van der Waals surface area contributed by atoms with Crippen LogP contribution in [0.3, 0.4) is 0 Å². The van der Waals surface area contributed by atoms with Gasteiger partial charge in [0.05, 0.1) is 5.69 Å². The zero-order chi connectivity index (χ0) is 13.9. The highest BCUT2D eigenvalue weighted by Gasteiger charge is 2.16. The van der Waals surface area contributed by atoms with Crippen LogP contribution in [0, 0.1) is 13.8 Å². The number of ether oxygens (including phenoxy) is 1. The molecule has 0 aliphatic carbocycles. The molecule has 104 valence electrons. The Hall–Kier alpha value is -1.94. The fraction of sp³-hybridized carbons (Fsp3) is 0.375. The van der Waals surface area contributed by atoms with Gasteiger partial charge in [-0.15, -0.1) is 0 Å². The van der Waals surface area contributed by atoms with Gasteiger partial charge in [0.25, 0.3) is 0 Å². The van der Waals surface area contributed by atoms with Crippen molar-refractivity contribution in [2.24, 2.45) is 0 Å². The van der Waals surface area contributed by atoms with E-state index in [1.54, 1.807) is 0 Å². The van der Waals surface area contributed by atoms with E-state index in [-0.39, 0.29) is 0 Å². The summed E-state index contributed by atoms with van der Waals surface area (Å²) in [5.41, 5.74) is 3.59. The van der Waals surface area contributed by atoms with Crippen LogP contribution < -0.4 is 4.74 Å². The number of nitrogens with zero attached hydrogens (tertiary/aromatic N) is 3. The highest BCUT2D eigenvalue weighted by atomic mass is 16.5. The van der Waals surface area contributed by atoms with E-state index in [0.29, 0.717) is 0 Å². The largest absolute Gasteiger partial charge is 0.492 e. The van der Waals surface area contributed by atoms with Crippen molar-refractivity contribution >= 4 is 0 Å². The lowest BCUT2D eigenvalue weighted by molar-refractivity contribution is 0.217. The van der Waals surface area contributed by atoms with Crippen LogP contribution in [0.4, 0.5) is 0 Å². The summed E-state index contributed by atoms with van der Waals surface area (Å²) >= 11 is 0. The minimum Gasteiger partial charge on any atom is -0.492 e. The van der Waals surface area contributed by atoms with Gasteiger partial charge in [-0.2, -0.15) is 0 Å². The molecular weight excluding hydrogens is 250 g/mol. The molecule has 0 radical (unpaired) electrons. The molecule has 0 unspecified atom stereocenters. The van der Waals surface area contributed by atoms with E-state index >= 15 is 0 Å². The third kappa shape index (κ3) is 2.96. The molecule has 1 aromatic carbocycles. The standard InChI is InChI=1S/C16H19N3O/c1-12-3-4-16-14(9-12)10-19(7-8-20-16)11-15-5-6-17-13(2)18-15/h3-6,9H,7-8,10-11H2,1-2H3. The molecule has 4 heteroatoms. The maximum atomic E-state index is 5.82. The van der Waals surface area contributed by atoms with E-state index in [0.717, 1.165) is 43.5 Å². The first-order valence-electron chi connectivity index (χ1n) is 6.94. The summed E-state index contributed by atoms with van der Waals surface area (Å²) in [6, 6.07) is 8.36. The molecule has 1 aliphatic rings. The van der Waals surface area contributed by atoms with Crippen molar-refractivity contribution in [1.29, 1.82) is 0 Å². The zero-order valence-electron chi connectivity index (χ0n) is 12.0. The minimum atomic E-state index is 0.722. The van der Waals surface area contributed by atoms with Gasteiger partial charge in [-0.3, -0.25) is 4.90 Å². The first-order valence-corrected chi connectivity index (χ1v) is 6.94. The summed E-state index contributed by atoms with van der Waals surface area (Å²) in [5.74, 6) is 1.83. The Bertz CT molecular complexity index is 612. The van der Waals surface area contributed by atoms with Crippen molar-refractivity contribution in [3.8, 4) is 5.75 Å². The second kappa shape index (κ2) is 5.59. The third-order valence-electron chi connectivity index (χ3n) is 3.49. The van der Waals surface area contributed by atoms with Crippen LogP contribution in [-0.4, -0.2) is 28.0 Å². The van der Waals surface area contributed by atoms with Gasteiger partial charge in [0.15, 0.2) is 0 Å². The van der Waals surface area contributed by atoms with Crippen LogP contribution >= 0.6 is 0 Å². The quantitative estimate of drug-likeness (QED) is 0.839. The molecule has 0 fully saturated rings. The fourth-order valence-electron chi connectivity index (χ4n) is 2.53. The average molecular weight is 269 g/mol. The number of hydrogen-bond donors (Lipinski definition) is 0. The van der Waals surface area contributed by atoms with Crippen LogP contribution in [-0.2, 0) is 13.1 Å². The predicted molar refractivity (Wildman–Crippen MR) is 77.6 cm³/mol. The van der Waals surface area contributed by atoms with Crippen molar-refractivity contribution in [3.05, 3.63) is 53.1 Å². The van der Waals surface area contributed by atoms with Gasteiger partial charge in [-0.05, 0) is 26.0 Å². The van der Waals surface area contributed by atoms with Gasteiger partial charge in [-0.25, -0.2) is 9.97 Å². The van der Waals surface area contributed by atoms with Crippen molar-refractivity contribution in [2.75, 3.05) is 13.2 Å². The van der Waals surface area contributed by atoms with E-state index in [9.17, 15) is 0 Å². The first kappa shape index (κ1) is 13.1. The van der Waals surface area contributed by atoms with Crippen LogP contribution in [0.25, 0.3) is 0 Å². The minimum absolute atomic E-state index is 0.722. The van der Waals surface area contributed by atoms with Crippen LogP contribution in [0.1, 0.15) is 22.6 Å². The van der Waals surface area contributed by atoms with Gasteiger partial charge in [0, 0.05) is 31.4 Å². The molecule has 1 aliphatic heterocycles. The molecule has 0 atom stereocenters. The third-order valence-corrected chi connectivity index (χ3v) is 3.49. The molecule has 20 heavy (non-hydrogen) atoms. The first-order chi connectivity index (χ1) is 9.70. The molecule has 0 saturated heterocycles. The van der Waals surface area contributed by atoms with Crippen LogP contribution in [0.2, 0.25) is 0 Å². The number of rotatable bonds is 2. The second-order valence-corrected chi connectivity index (χ2v) is 5.27. The molecule has 3 rings (SSSR count). The van der Waals surface area contributed by atoms with Crippen LogP contribution in [0.5, 0.6) is 5.75 Å². The molecule has 2 heterocycles. The summed E-state index contributed by atoms with van der Waals surface area (Å²) in [7, 11) is 0. The summed E-state index contributed by atoms with van der Waals surface area (Å²) in [4.78, 5) is 11.0. The molecule has 0 spiro atoms. The number of aryl methyl sites for hydroxylation is 2. The van der Waals surface area contributed by atoms with Gasteiger partial charge < -0.3 is 4.74 Å². The van der Waals surface area contributed by atoms with Crippen molar-refractivity contribution in [2.45, 2.75) is 26.9 Å². The Labute approximate surface area is 119 Å². The maximum Gasteiger partial charge on any atom is 0.125 e. The monoisotopic (exact) mass is 269 g/mol. The average Bonchev–Trinajstić information content (AvgIpc) is 2.60. The van der Waals surface area contributed by atoms with Crippen molar-refractivity contribution in [3.63, 3.8) is 0 Å². The van der Waals surface area contributed by atoms with Crippen molar-refractivity contribution in [1.82, 2.24) is 14.9 Å². The highest BCUT2D eigenvalue weighted by Crippen LogP contribution is 2.24. The number of hydrogen-bond acceptors (Lipinski definition) is 4. The second-order valence-electron chi connectivity index (χ2n) is 5.27. The number of fused-ring (bicyclic) bond motifs is 1. The Morgan fingerprint density at radius 2 is 2.15 bits per heavy atom. The van der Waals surface area contributed by atoms with E-state index in [4.69, 9.17) is 4.74 Å². The highest BCUT2D eigenvalue weighted by molar-refractivity contribution is 5.37. The Kier molecular flexibility index (Phi) is 3.65. The van der Waals surface area contributed by atoms with Crippen molar-refractivity contribution < 1.29 is 4.74 Å². The van der Waals surface area contributed by atoms with E-state index in [1.807, 2.05) is 19.2 Å². The summed E-state index contributed by atoms with van der Waals surface area (Å²) in [6.07, 6.45) is 1.82. The molecule has 2 aromatic rings. The summed E-state index contributed by atoms with van der Waals surface area (Å²) in [5, 5.41) is 0.